The summed E-state index contributed by atoms with van der Waals surface area (Å²) in [6.45, 7) is 0. The van der Waals surface area contributed by atoms with Crippen LogP contribution < -0.4 is 10.5 Å². The van der Waals surface area contributed by atoms with Crippen molar-refractivity contribution in [2.75, 3.05) is 7.11 Å². The first-order valence-electron chi connectivity index (χ1n) is 6.29. The van der Waals surface area contributed by atoms with Crippen LogP contribution in [0.25, 0.3) is 0 Å². The number of benzene rings is 1. The van der Waals surface area contributed by atoms with Crippen LogP contribution in [0.1, 0.15) is 36.0 Å². The van der Waals surface area contributed by atoms with Crippen LogP contribution in [0.5, 0.6) is 5.75 Å². The first kappa shape index (κ1) is 15.8. The van der Waals surface area contributed by atoms with Gasteiger partial charge in [-0.1, -0.05) is 6.07 Å². The number of nitrogens with two attached hydrogens (primary N) is 1. The SMILES string of the molecule is COC(=O)c1cccc(OC2CCC(N)CC2)c1.Cl. The van der Waals surface area contributed by atoms with Gasteiger partial charge in [-0.25, -0.2) is 4.79 Å². The van der Waals surface area contributed by atoms with Crippen molar-refractivity contribution in [2.45, 2.75) is 37.8 Å². The smallest absolute Gasteiger partial charge is 0.337 e. The number of hydrogen-bond acceptors (Lipinski definition) is 4. The number of ether oxygens (including phenoxy) is 2. The first-order valence-corrected chi connectivity index (χ1v) is 6.29. The summed E-state index contributed by atoms with van der Waals surface area (Å²) < 4.78 is 10.6. The molecule has 0 aliphatic heterocycles. The normalized spacial score (nSPS) is 22.2. The van der Waals surface area contributed by atoms with E-state index >= 15 is 0 Å². The molecule has 106 valence electrons. The molecule has 4 nitrogen and oxygen atoms in total. The maximum atomic E-state index is 11.4. The van der Waals surface area contributed by atoms with Crippen molar-refractivity contribution >= 4 is 18.4 Å². The van der Waals surface area contributed by atoms with Gasteiger partial charge < -0.3 is 15.2 Å². The molecular formula is C14H20ClNO3. The molecule has 0 unspecified atom stereocenters. The summed E-state index contributed by atoms with van der Waals surface area (Å²) in [5.74, 6) is 0.379. The highest BCUT2D eigenvalue weighted by atomic mass is 35.5. The monoisotopic (exact) mass is 285 g/mol. The van der Waals surface area contributed by atoms with E-state index in [9.17, 15) is 4.79 Å². The van der Waals surface area contributed by atoms with Crippen molar-refractivity contribution in [3.63, 3.8) is 0 Å². The maximum Gasteiger partial charge on any atom is 0.337 e. The molecule has 5 heteroatoms. The van der Waals surface area contributed by atoms with Crippen molar-refractivity contribution in [1.82, 2.24) is 0 Å². The highest BCUT2D eigenvalue weighted by molar-refractivity contribution is 5.89. The van der Waals surface area contributed by atoms with E-state index in [0.29, 0.717) is 11.6 Å². The maximum absolute atomic E-state index is 11.4. The Bertz CT molecular complexity index is 417. The highest BCUT2D eigenvalue weighted by Gasteiger charge is 2.20. The third kappa shape index (κ3) is 4.40. The van der Waals surface area contributed by atoms with Crippen LogP contribution in [0.2, 0.25) is 0 Å². The lowest BCUT2D eigenvalue weighted by Crippen LogP contribution is -2.31. The number of esters is 1. The number of halogens is 1. The minimum absolute atomic E-state index is 0. The number of carbonyl (C=O) groups is 1. The third-order valence-corrected chi connectivity index (χ3v) is 3.28. The van der Waals surface area contributed by atoms with Gasteiger partial charge in [0.05, 0.1) is 18.8 Å². The number of carbonyl (C=O) groups excluding carboxylic acids is 1. The quantitative estimate of drug-likeness (QED) is 0.867. The molecule has 0 aromatic heterocycles. The van der Waals surface area contributed by atoms with Gasteiger partial charge in [0.1, 0.15) is 5.75 Å². The van der Waals surface area contributed by atoms with Gasteiger partial charge in [0.2, 0.25) is 0 Å². The average Bonchev–Trinajstić information content (AvgIpc) is 2.41. The Balaban J connectivity index is 0.00000180. The molecule has 1 fully saturated rings. The molecule has 1 aliphatic carbocycles. The Morgan fingerprint density at radius 3 is 2.58 bits per heavy atom. The van der Waals surface area contributed by atoms with Gasteiger partial charge in [0.15, 0.2) is 0 Å². The number of hydrogen-bond donors (Lipinski definition) is 1. The predicted molar refractivity (Wildman–Crippen MR) is 75.9 cm³/mol. The molecular weight excluding hydrogens is 266 g/mol. The molecule has 0 spiro atoms. The summed E-state index contributed by atoms with van der Waals surface area (Å²) in [5.41, 5.74) is 6.37. The van der Waals surface area contributed by atoms with E-state index in [-0.39, 0.29) is 24.5 Å². The van der Waals surface area contributed by atoms with Gasteiger partial charge in [0.25, 0.3) is 0 Å². The summed E-state index contributed by atoms with van der Waals surface area (Å²) in [4.78, 5) is 11.4. The van der Waals surface area contributed by atoms with E-state index < -0.39 is 0 Å². The van der Waals surface area contributed by atoms with E-state index in [1.54, 1.807) is 18.2 Å². The van der Waals surface area contributed by atoms with Gasteiger partial charge in [-0.3, -0.25) is 0 Å². The molecule has 0 radical (unpaired) electrons. The molecule has 1 aliphatic rings. The summed E-state index contributed by atoms with van der Waals surface area (Å²) in [6, 6.07) is 7.42. The van der Waals surface area contributed by atoms with Crippen LogP contribution in [-0.4, -0.2) is 25.2 Å². The predicted octanol–water partition coefficient (Wildman–Crippen LogP) is 2.54. The van der Waals surface area contributed by atoms with Crippen LogP contribution in [0.15, 0.2) is 24.3 Å². The van der Waals surface area contributed by atoms with Crippen molar-refractivity contribution in [3.05, 3.63) is 29.8 Å². The van der Waals surface area contributed by atoms with E-state index in [2.05, 4.69) is 4.74 Å². The lowest BCUT2D eigenvalue weighted by molar-refractivity contribution is 0.0599. The fraction of sp³-hybridized carbons (Fsp3) is 0.500. The zero-order chi connectivity index (χ0) is 13.0. The second-order valence-electron chi connectivity index (χ2n) is 4.67. The van der Waals surface area contributed by atoms with Gasteiger partial charge in [-0.05, 0) is 43.9 Å². The highest BCUT2D eigenvalue weighted by Crippen LogP contribution is 2.23. The summed E-state index contributed by atoms with van der Waals surface area (Å²) >= 11 is 0. The summed E-state index contributed by atoms with van der Waals surface area (Å²) in [5, 5.41) is 0. The van der Waals surface area contributed by atoms with Crippen molar-refractivity contribution < 1.29 is 14.3 Å². The van der Waals surface area contributed by atoms with Gasteiger partial charge in [-0.15, -0.1) is 12.4 Å². The van der Waals surface area contributed by atoms with Crippen molar-refractivity contribution in [2.24, 2.45) is 5.73 Å². The largest absolute Gasteiger partial charge is 0.490 e. The Labute approximate surface area is 119 Å². The van der Waals surface area contributed by atoms with Crippen LogP contribution in [0.4, 0.5) is 0 Å². The summed E-state index contributed by atoms with van der Waals surface area (Å²) in [7, 11) is 1.37. The average molecular weight is 286 g/mol. The molecule has 1 aromatic carbocycles. The van der Waals surface area contributed by atoms with Crippen molar-refractivity contribution in [1.29, 1.82) is 0 Å². The molecule has 0 bridgehead atoms. The van der Waals surface area contributed by atoms with Gasteiger partial charge in [-0.2, -0.15) is 0 Å². The molecule has 2 N–H and O–H groups in total. The molecule has 1 saturated carbocycles. The van der Waals surface area contributed by atoms with E-state index in [0.717, 1.165) is 31.4 Å². The molecule has 2 rings (SSSR count). The van der Waals surface area contributed by atoms with Crippen molar-refractivity contribution in [3.8, 4) is 5.75 Å². The Hall–Kier alpha value is -1.26. The van der Waals surface area contributed by atoms with Crippen LogP contribution >= 0.6 is 12.4 Å². The molecule has 0 atom stereocenters. The molecule has 0 heterocycles. The second-order valence-corrected chi connectivity index (χ2v) is 4.67. The Morgan fingerprint density at radius 1 is 1.26 bits per heavy atom. The minimum Gasteiger partial charge on any atom is -0.490 e. The summed E-state index contributed by atoms with van der Waals surface area (Å²) in [6.07, 6.45) is 4.16. The third-order valence-electron chi connectivity index (χ3n) is 3.28. The molecule has 19 heavy (non-hydrogen) atoms. The number of rotatable bonds is 3. The topological polar surface area (TPSA) is 61.5 Å². The standard InChI is InChI=1S/C14H19NO3.ClH/c1-17-14(16)10-3-2-4-13(9-10)18-12-7-5-11(15)6-8-12;/h2-4,9,11-12H,5-8,15H2,1H3;1H. The number of methoxy groups -OCH3 is 1. The molecule has 0 amide bonds. The first-order chi connectivity index (χ1) is 8.69. The van der Waals surface area contributed by atoms with Gasteiger partial charge in [0, 0.05) is 6.04 Å². The zero-order valence-electron chi connectivity index (χ0n) is 11.0. The zero-order valence-corrected chi connectivity index (χ0v) is 11.8. The van der Waals surface area contributed by atoms with Crippen LogP contribution in [0.3, 0.4) is 0 Å². The minimum atomic E-state index is -0.342. The van der Waals surface area contributed by atoms with Gasteiger partial charge >= 0.3 is 5.97 Å². The van der Waals surface area contributed by atoms with E-state index in [1.807, 2.05) is 6.07 Å². The molecule has 0 saturated heterocycles. The second kappa shape index (κ2) is 7.36. The lowest BCUT2D eigenvalue weighted by atomic mass is 9.94. The van der Waals surface area contributed by atoms with E-state index in [1.165, 1.54) is 7.11 Å². The van der Waals surface area contributed by atoms with Crippen LogP contribution in [0, 0.1) is 0 Å². The van der Waals surface area contributed by atoms with E-state index in [4.69, 9.17) is 10.5 Å². The fourth-order valence-corrected chi connectivity index (χ4v) is 2.21. The lowest BCUT2D eigenvalue weighted by Gasteiger charge is -2.26. The van der Waals surface area contributed by atoms with Crippen LogP contribution in [-0.2, 0) is 4.74 Å². The fourth-order valence-electron chi connectivity index (χ4n) is 2.21. The molecule has 1 aromatic rings. The Kier molecular flexibility index (Phi) is 6.12. The Morgan fingerprint density at radius 2 is 1.95 bits per heavy atom.